The molecule has 0 saturated heterocycles. The number of rotatable bonds is 8. The van der Waals surface area contributed by atoms with E-state index in [1.165, 1.54) is 12.8 Å². The molecule has 7 nitrogen and oxygen atoms in total. The number of amides is 1. The van der Waals surface area contributed by atoms with E-state index in [4.69, 9.17) is 4.74 Å². The fraction of sp³-hybridized carbons (Fsp3) is 0.588. The van der Waals surface area contributed by atoms with Gasteiger partial charge in [0.25, 0.3) is 5.91 Å². The smallest absolute Gasteiger partial charge is 0.269 e. The average Bonchev–Trinajstić information content (AvgIpc) is 3.18. The first-order chi connectivity index (χ1) is 11.6. The number of hydrogen-bond donors (Lipinski definition) is 2. The van der Waals surface area contributed by atoms with Gasteiger partial charge < -0.3 is 10.1 Å². The molecule has 2 aromatic heterocycles. The van der Waals surface area contributed by atoms with E-state index >= 15 is 0 Å². The van der Waals surface area contributed by atoms with E-state index in [0.29, 0.717) is 18.8 Å². The lowest BCUT2D eigenvalue weighted by Crippen LogP contribution is -2.25. The molecule has 0 unspecified atom stereocenters. The third-order valence-electron chi connectivity index (χ3n) is 4.39. The second kappa shape index (κ2) is 7.17. The number of ether oxygens (including phenoxy) is 1. The van der Waals surface area contributed by atoms with E-state index in [-0.39, 0.29) is 5.91 Å². The van der Waals surface area contributed by atoms with Crippen LogP contribution in [0.2, 0.25) is 0 Å². The Labute approximate surface area is 141 Å². The van der Waals surface area contributed by atoms with Crippen molar-refractivity contribution < 1.29 is 9.53 Å². The van der Waals surface area contributed by atoms with Crippen molar-refractivity contribution in [1.29, 1.82) is 0 Å². The van der Waals surface area contributed by atoms with Gasteiger partial charge in [0, 0.05) is 38.1 Å². The molecule has 0 aromatic carbocycles. The molecule has 130 valence electrons. The van der Waals surface area contributed by atoms with Crippen LogP contribution < -0.4 is 5.32 Å². The van der Waals surface area contributed by atoms with Gasteiger partial charge in [-0.1, -0.05) is 0 Å². The van der Waals surface area contributed by atoms with Gasteiger partial charge in [-0.3, -0.25) is 14.6 Å². The summed E-state index contributed by atoms with van der Waals surface area (Å²) in [4.78, 5) is 12.2. The van der Waals surface area contributed by atoms with E-state index < -0.39 is 0 Å². The Hall–Kier alpha value is -2.15. The molecule has 0 bridgehead atoms. The number of carbonyl (C=O) groups is 1. The van der Waals surface area contributed by atoms with Crippen molar-refractivity contribution in [2.24, 2.45) is 13.0 Å². The highest BCUT2D eigenvalue weighted by Crippen LogP contribution is 2.28. The monoisotopic (exact) mass is 331 g/mol. The zero-order valence-electron chi connectivity index (χ0n) is 14.6. The molecule has 3 rings (SSSR count). The summed E-state index contributed by atoms with van der Waals surface area (Å²) in [5.74, 6) is 0.637. The van der Waals surface area contributed by atoms with Crippen LogP contribution in [0.4, 0.5) is 0 Å². The topological polar surface area (TPSA) is 84.8 Å². The van der Waals surface area contributed by atoms with Gasteiger partial charge in [0.1, 0.15) is 5.69 Å². The van der Waals surface area contributed by atoms with Gasteiger partial charge in [0.15, 0.2) is 0 Å². The predicted octanol–water partition coefficient (Wildman–Crippen LogP) is 1.97. The highest BCUT2D eigenvalue weighted by atomic mass is 16.5. The fourth-order valence-electron chi connectivity index (χ4n) is 2.72. The number of carbonyl (C=O) groups excluding carboxylic acids is 1. The Morgan fingerprint density at radius 1 is 1.46 bits per heavy atom. The zero-order valence-corrected chi connectivity index (χ0v) is 14.6. The van der Waals surface area contributed by atoms with Crippen LogP contribution in [0.5, 0.6) is 0 Å². The Kier molecular flexibility index (Phi) is 4.99. The summed E-state index contributed by atoms with van der Waals surface area (Å²) in [5.41, 5.74) is 4.11. The Morgan fingerprint density at radius 3 is 2.92 bits per heavy atom. The molecule has 0 radical (unpaired) electrons. The third kappa shape index (κ3) is 3.84. The largest absolute Gasteiger partial charge is 0.381 e. The van der Waals surface area contributed by atoms with Crippen molar-refractivity contribution >= 4 is 5.91 Å². The molecule has 2 aromatic rings. The molecule has 1 amide bonds. The number of aromatic amines is 1. The molecule has 0 aliphatic heterocycles. The number of H-pyrrole nitrogens is 1. The summed E-state index contributed by atoms with van der Waals surface area (Å²) >= 11 is 0. The second-order valence-electron chi connectivity index (χ2n) is 6.46. The fourth-order valence-corrected chi connectivity index (χ4v) is 2.72. The van der Waals surface area contributed by atoms with Crippen molar-refractivity contribution in [1.82, 2.24) is 25.3 Å². The van der Waals surface area contributed by atoms with Gasteiger partial charge in [0.2, 0.25) is 0 Å². The van der Waals surface area contributed by atoms with Gasteiger partial charge in [-0.05, 0) is 45.1 Å². The van der Waals surface area contributed by atoms with Crippen molar-refractivity contribution in [2.45, 2.75) is 33.1 Å². The lowest BCUT2D eigenvalue weighted by atomic mass is 10.1. The summed E-state index contributed by atoms with van der Waals surface area (Å²) in [6, 6.07) is 1.77. The van der Waals surface area contributed by atoms with Gasteiger partial charge in [-0.15, -0.1) is 0 Å². The normalized spacial score (nSPS) is 14.1. The quantitative estimate of drug-likeness (QED) is 0.724. The standard InChI is InChI=1S/C17H25N5O2/c1-11-16(12(2)22(3)21-11)14-9-15(20-19-14)17(23)18-7-4-8-24-10-13-5-6-13/h9,13H,4-8,10H2,1-3H3,(H,18,23)(H,19,20). The first-order valence-corrected chi connectivity index (χ1v) is 8.48. The molecule has 0 atom stereocenters. The minimum atomic E-state index is -0.143. The second-order valence-corrected chi connectivity index (χ2v) is 6.46. The zero-order chi connectivity index (χ0) is 17.1. The minimum Gasteiger partial charge on any atom is -0.381 e. The average molecular weight is 331 g/mol. The molecule has 2 N–H and O–H groups in total. The maximum absolute atomic E-state index is 12.2. The highest BCUT2D eigenvalue weighted by Gasteiger charge is 2.21. The Morgan fingerprint density at radius 2 is 2.25 bits per heavy atom. The summed E-state index contributed by atoms with van der Waals surface area (Å²) in [5, 5.41) is 14.4. The summed E-state index contributed by atoms with van der Waals surface area (Å²) in [7, 11) is 1.90. The van der Waals surface area contributed by atoms with Crippen LogP contribution >= 0.6 is 0 Å². The van der Waals surface area contributed by atoms with Crippen LogP contribution in [-0.4, -0.2) is 45.6 Å². The van der Waals surface area contributed by atoms with Crippen molar-refractivity contribution in [2.75, 3.05) is 19.8 Å². The van der Waals surface area contributed by atoms with Crippen LogP contribution in [0.25, 0.3) is 11.3 Å². The molecule has 1 saturated carbocycles. The number of hydrogen-bond acceptors (Lipinski definition) is 4. The van der Waals surface area contributed by atoms with E-state index in [9.17, 15) is 4.79 Å². The molecule has 0 spiro atoms. The third-order valence-corrected chi connectivity index (χ3v) is 4.39. The number of nitrogens with one attached hydrogen (secondary N) is 2. The van der Waals surface area contributed by atoms with E-state index in [2.05, 4.69) is 20.6 Å². The van der Waals surface area contributed by atoms with Crippen molar-refractivity contribution in [3.05, 3.63) is 23.1 Å². The number of aromatic nitrogens is 4. The maximum atomic E-state index is 12.2. The molecule has 7 heteroatoms. The molecule has 1 aliphatic rings. The predicted molar refractivity (Wildman–Crippen MR) is 90.8 cm³/mol. The number of aryl methyl sites for hydroxylation is 2. The Balaban J connectivity index is 1.50. The maximum Gasteiger partial charge on any atom is 0.269 e. The van der Waals surface area contributed by atoms with E-state index in [0.717, 1.165) is 41.6 Å². The molecular weight excluding hydrogens is 306 g/mol. The Bertz CT molecular complexity index is 715. The van der Waals surface area contributed by atoms with Gasteiger partial charge in [0.05, 0.1) is 11.4 Å². The van der Waals surface area contributed by atoms with Crippen LogP contribution in [0, 0.1) is 19.8 Å². The van der Waals surface area contributed by atoms with E-state index in [1.54, 1.807) is 6.07 Å². The lowest BCUT2D eigenvalue weighted by molar-refractivity contribution is 0.0932. The number of nitrogens with zero attached hydrogens (tertiary/aromatic N) is 3. The lowest BCUT2D eigenvalue weighted by Gasteiger charge is -2.04. The van der Waals surface area contributed by atoms with Crippen LogP contribution in [0.15, 0.2) is 6.07 Å². The molecule has 2 heterocycles. The van der Waals surface area contributed by atoms with Crippen LogP contribution in [0.1, 0.15) is 41.1 Å². The SMILES string of the molecule is Cc1nn(C)c(C)c1-c1cc(C(=O)NCCCOCC2CC2)[nH]n1. The van der Waals surface area contributed by atoms with Gasteiger partial charge in [-0.25, -0.2) is 0 Å². The summed E-state index contributed by atoms with van der Waals surface area (Å²) in [6.45, 7) is 6.09. The molecule has 1 fully saturated rings. The molecule has 24 heavy (non-hydrogen) atoms. The van der Waals surface area contributed by atoms with Crippen LogP contribution in [0.3, 0.4) is 0 Å². The highest BCUT2D eigenvalue weighted by molar-refractivity contribution is 5.93. The molecular formula is C17H25N5O2. The van der Waals surface area contributed by atoms with Crippen LogP contribution in [-0.2, 0) is 11.8 Å². The van der Waals surface area contributed by atoms with Gasteiger partial charge >= 0.3 is 0 Å². The van der Waals surface area contributed by atoms with Crippen molar-refractivity contribution in [3.8, 4) is 11.3 Å². The minimum absolute atomic E-state index is 0.143. The van der Waals surface area contributed by atoms with Crippen molar-refractivity contribution in [3.63, 3.8) is 0 Å². The first kappa shape index (κ1) is 16.7. The first-order valence-electron chi connectivity index (χ1n) is 8.48. The van der Waals surface area contributed by atoms with E-state index in [1.807, 2.05) is 25.6 Å². The van der Waals surface area contributed by atoms with Gasteiger partial charge in [-0.2, -0.15) is 10.2 Å². The summed E-state index contributed by atoms with van der Waals surface area (Å²) in [6.07, 6.45) is 3.42. The molecule has 1 aliphatic carbocycles. The summed E-state index contributed by atoms with van der Waals surface area (Å²) < 4.78 is 7.38.